The molecule has 2 aromatic carbocycles. The third-order valence-corrected chi connectivity index (χ3v) is 4.19. The minimum atomic E-state index is -0.406. The van der Waals surface area contributed by atoms with Crippen molar-refractivity contribution in [2.45, 2.75) is 12.5 Å². The summed E-state index contributed by atoms with van der Waals surface area (Å²) in [6.07, 6.45) is 0.874. The van der Waals surface area contributed by atoms with Gasteiger partial charge in [0.05, 0.1) is 12.6 Å². The van der Waals surface area contributed by atoms with Gasteiger partial charge in [0.15, 0.2) is 0 Å². The molecule has 20 heavy (non-hydrogen) atoms. The van der Waals surface area contributed by atoms with Crippen LogP contribution in [0.4, 0.5) is 4.39 Å². The smallest absolute Gasteiger partial charge is 0.129 e. The van der Waals surface area contributed by atoms with E-state index in [-0.39, 0.29) is 5.82 Å². The predicted molar refractivity (Wildman–Crippen MR) is 78.9 cm³/mol. The molecule has 0 saturated heterocycles. The Labute approximate surface area is 125 Å². The molecule has 3 rings (SSSR count). The lowest BCUT2D eigenvalue weighted by atomic mass is 9.96. The number of ether oxygens (including phenoxy) is 1. The molecule has 0 radical (unpaired) electrons. The number of hydrogen-bond acceptors (Lipinski definition) is 3. The fourth-order valence-corrected chi connectivity index (χ4v) is 3.09. The molecule has 0 amide bonds. The summed E-state index contributed by atoms with van der Waals surface area (Å²) in [7, 11) is 0. The van der Waals surface area contributed by atoms with Crippen molar-refractivity contribution in [1.82, 2.24) is 5.43 Å². The van der Waals surface area contributed by atoms with E-state index in [1.807, 2.05) is 18.2 Å². The Bertz CT molecular complexity index is 628. The molecule has 0 fully saturated rings. The molecule has 1 heterocycles. The summed E-state index contributed by atoms with van der Waals surface area (Å²) >= 11 is 3.39. The number of halogens is 2. The van der Waals surface area contributed by atoms with E-state index in [0.717, 1.165) is 23.3 Å². The van der Waals surface area contributed by atoms with Crippen LogP contribution >= 0.6 is 15.9 Å². The third-order valence-electron chi connectivity index (χ3n) is 3.50. The summed E-state index contributed by atoms with van der Waals surface area (Å²) in [5.41, 5.74) is 5.26. The second-order valence-corrected chi connectivity index (χ2v) is 5.55. The van der Waals surface area contributed by atoms with E-state index in [1.54, 1.807) is 12.1 Å². The standard InChI is InChI=1S/C15H14BrFN2O/c16-11-2-1-3-12(17)14(11)15(19-18)10-4-5-13-9(8-10)6-7-20-13/h1-5,8,15,19H,6-7,18H2. The van der Waals surface area contributed by atoms with Crippen molar-refractivity contribution in [3.05, 3.63) is 63.4 Å². The predicted octanol–water partition coefficient (Wildman–Crippen LogP) is 3.08. The van der Waals surface area contributed by atoms with Crippen LogP contribution in [0.1, 0.15) is 22.7 Å². The van der Waals surface area contributed by atoms with Gasteiger partial charge in [-0.15, -0.1) is 0 Å². The maximum absolute atomic E-state index is 14.1. The first-order chi connectivity index (χ1) is 9.70. The zero-order chi connectivity index (χ0) is 14.1. The van der Waals surface area contributed by atoms with Gasteiger partial charge < -0.3 is 4.74 Å². The fraction of sp³-hybridized carbons (Fsp3) is 0.200. The molecule has 1 unspecified atom stereocenters. The zero-order valence-corrected chi connectivity index (χ0v) is 12.3. The van der Waals surface area contributed by atoms with E-state index in [2.05, 4.69) is 21.4 Å². The summed E-state index contributed by atoms with van der Waals surface area (Å²) < 4.78 is 20.3. The molecule has 104 valence electrons. The normalized spacial score (nSPS) is 14.8. The molecule has 1 aliphatic heterocycles. The highest BCUT2D eigenvalue weighted by molar-refractivity contribution is 9.10. The second-order valence-electron chi connectivity index (χ2n) is 4.70. The number of rotatable bonds is 3. The van der Waals surface area contributed by atoms with E-state index in [1.165, 1.54) is 6.07 Å². The van der Waals surface area contributed by atoms with Gasteiger partial charge in [-0.1, -0.05) is 34.1 Å². The Morgan fingerprint density at radius 3 is 2.90 bits per heavy atom. The van der Waals surface area contributed by atoms with Crippen LogP contribution < -0.4 is 16.0 Å². The van der Waals surface area contributed by atoms with Gasteiger partial charge in [-0.3, -0.25) is 5.84 Å². The summed E-state index contributed by atoms with van der Waals surface area (Å²) in [6, 6.07) is 10.3. The van der Waals surface area contributed by atoms with Gasteiger partial charge in [-0.05, 0) is 29.3 Å². The highest BCUT2D eigenvalue weighted by Crippen LogP contribution is 2.34. The molecule has 0 aromatic heterocycles. The van der Waals surface area contributed by atoms with Gasteiger partial charge in [0.25, 0.3) is 0 Å². The maximum Gasteiger partial charge on any atom is 0.129 e. The van der Waals surface area contributed by atoms with E-state index < -0.39 is 6.04 Å². The van der Waals surface area contributed by atoms with Gasteiger partial charge in [0.2, 0.25) is 0 Å². The van der Waals surface area contributed by atoms with Gasteiger partial charge >= 0.3 is 0 Å². The summed E-state index contributed by atoms with van der Waals surface area (Å²) in [5, 5.41) is 0. The molecular weight excluding hydrogens is 323 g/mol. The monoisotopic (exact) mass is 336 g/mol. The number of benzene rings is 2. The molecular formula is C15H14BrFN2O. The van der Waals surface area contributed by atoms with Gasteiger partial charge in [-0.2, -0.15) is 0 Å². The Morgan fingerprint density at radius 1 is 1.30 bits per heavy atom. The van der Waals surface area contributed by atoms with E-state index in [0.29, 0.717) is 16.6 Å². The lowest BCUT2D eigenvalue weighted by Crippen LogP contribution is -2.29. The first kappa shape index (κ1) is 13.5. The van der Waals surface area contributed by atoms with Gasteiger partial charge in [0, 0.05) is 16.5 Å². The molecule has 0 aliphatic carbocycles. The Kier molecular flexibility index (Phi) is 3.74. The van der Waals surface area contributed by atoms with Crippen molar-refractivity contribution in [3.8, 4) is 5.75 Å². The van der Waals surface area contributed by atoms with Crippen LogP contribution in [0.3, 0.4) is 0 Å². The molecule has 0 spiro atoms. The number of nitrogens with one attached hydrogen (secondary N) is 1. The molecule has 0 saturated carbocycles. The topological polar surface area (TPSA) is 47.3 Å². The van der Waals surface area contributed by atoms with Crippen LogP contribution in [0.15, 0.2) is 40.9 Å². The average Bonchev–Trinajstić information content (AvgIpc) is 2.90. The Balaban J connectivity index is 2.06. The van der Waals surface area contributed by atoms with E-state index >= 15 is 0 Å². The second kappa shape index (κ2) is 5.52. The van der Waals surface area contributed by atoms with Crippen LogP contribution in [0.25, 0.3) is 0 Å². The van der Waals surface area contributed by atoms with Crippen molar-refractivity contribution in [1.29, 1.82) is 0 Å². The van der Waals surface area contributed by atoms with Crippen molar-refractivity contribution >= 4 is 15.9 Å². The molecule has 3 nitrogen and oxygen atoms in total. The fourth-order valence-electron chi connectivity index (χ4n) is 2.52. The molecule has 5 heteroatoms. The lowest BCUT2D eigenvalue weighted by molar-refractivity contribution is 0.357. The van der Waals surface area contributed by atoms with Crippen LogP contribution in [-0.2, 0) is 6.42 Å². The zero-order valence-electron chi connectivity index (χ0n) is 10.7. The average molecular weight is 337 g/mol. The highest BCUT2D eigenvalue weighted by Gasteiger charge is 2.21. The molecule has 3 N–H and O–H groups in total. The van der Waals surface area contributed by atoms with Crippen LogP contribution in [-0.4, -0.2) is 6.61 Å². The lowest BCUT2D eigenvalue weighted by Gasteiger charge is -2.19. The summed E-state index contributed by atoms with van der Waals surface area (Å²) in [6.45, 7) is 0.697. The molecule has 0 bridgehead atoms. The highest BCUT2D eigenvalue weighted by atomic mass is 79.9. The van der Waals surface area contributed by atoms with Gasteiger partial charge in [0.1, 0.15) is 11.6 Å². The van der Waals surface area contributed by atoms with E-state index in [4.69, 9.17) is 10.6 Å². The van der Waals surface area contributed by atoms with Gasteiger partial charge in [-0.25, -0.2) is 9.82 Å². The number of hydrazine groups is 1. The molecule has 2 aromatic rings. The third kappa shape index (κ3) is 2.32. The first-order valence-corrected chi connectivity index (χ1v) is 7.15. The Hall–Kier alpha value is -1.43. The minimum absolute atomic E-state index is 0.293. The summed E-state index contributed by atoms with van der Waals surface area (Å²) in [5.74, 6) is 6.26. The largest absolute Gasteiger partial charge is 0.493 e. The van der Waals surface area contributed by atoms with Crippen molar-refractivity contribution < 1.29 is 9.13 Å². The Morgan fingerprint density at radius 2 is 2.15 bits per heavy atom. The SMILES string of the molecule is NNC(c1ccc2c(c1)CCO2)c1c(F)cccc1Br. The maximum atomic E-state index is 14.1. The molecule has 1 atom stereocenters. The van der Waals surface area contributed by atoms with E-state index in [9.17, 15) is 4.39 Å². The van der Waals surface area contributed by atoms with Crippen LogP contribution in [0.5, 0.6) is 5.75 Å². The van der Waals surface area contributed by atoms with Crippen molar-refractivity contribution in [3.63, 3.8) is 0 Å². The quantitative estimate of drug-likeness (QED) is 0.668. The number of nitrogens with two attached hydrogens (primary N) is 1. The minimum Gasteiger partial charge on any atom is -0.493 e. The number of fused-ring (bicyclic) bond motifs is 1. The molecule has 1 aliphatic rings. The first-order valence-electron chi connectivity index (χ1n) is 6.36. The van der Waals surface area contributed by atoms with Crippen LogP contribution in [0.2, 0.25) is 0 Å². The van der Waals surface area contributed by atoms with Crippen LogP contribution in [0, 0.1) is 5.82 Å². The summed E-state index contributed by atoms with van der Waals surface area (Å²) in [4.78, 5) is 0. The number of hydrogen-bond donors (Lipinski definition) is 2. The van der Waals surface area contributed by atoms with Crippen molar-refractivity contribution in [2.24, 2.45) is 5.84 Å². The van der Waals surface area contributed by atoms with Crippen molar-refractivity contribution in [2.75, 3.05) is 6.61 Å².